The second-order valence-corrected chi connectivity index (χ2v) is 3.47. The van der Waals surface area contributed by atoms with Gasteiger partial charge in [0.05, 0.1) is 13.2 Å². The van der Waals surface area contributed by atoms with Gasteiger partial charge in [0.15, 0.2) is 6.04 Å². The highest BCUT2D eigenvalue weighted by atomic mass is 16.4. The normalized spacial score (nSPS) is 11.5. The molecule has 0 aromatic heterocycles. The summed E-state index contributed by atoms with van der Waals surface area (Å²) in [5.41, 5.74) is 0. The maximum atomic E-state index is 11.5. The van der Waals surface area contributed by atoms with Crippen LogP contribution in [0.3, 0.4) is 0 Å². The summed E-state index contributed by atoms with van der Waals surface area (Å²) in [6.07, 6.45) is 0. The van der Waals surface area contributed by atoms with Crippen LogP contribution < -0.4 is 10.6 Å². The number of nitrogens with one attached hydrogen (secondary N) is 2. The molecule has 0 aromatic carbocycles. The van der Waals surface area contributed by atoms with Crippen LogP contribution >= 0.6 is 0 Å². The Balaban J connectivity index is 4.10. The number of carboxylic acid groups (broad SMARTS) is 1. The topological polar surface area (TPSA) is 119 Å². The van der Waals surface area contributed by atoms with E-state index < -0.39 is 24.6 Å². The van der Waals surface area contributed by atoms with Crippen molar-refractivity contribution < 1.29 is 24.6 Å². The molecule has 0 fully saturated rings. The van der Waals surface area contributed by atoms with Crippen LogP contribution in [-0.2, 0) is 9.59 Å². The van der Waals surface area contributed by atoms with Crippen LogP contribution in [0.4, 0.5) is 4.79 Å². The van der Waals surface area contributed by atoms with Gasteiger partial charge in [-0.15, -0.1) is 0 Å². The van der Waals surface area contributed by atoms with Crippen molar-refractivity contribution in [3.05, 3.63) is 0 Å². The van der Waals surface area contributed by atoms with Crippen molar-refractivity contribution in [3.63, 3.8) is 0 Å². The average molecular weight is 261 g/mol. The minimum atomic E-state index is -1.38. The molecule has 8 heteroatoms. The smallest absolute Gasteiger partial charge is 0.328 e. The second-order valence-electron chi connectivity index (χ2n) is 3.47. The van der Waals surface area contributed by atoms with Crippen molar-refractivity contribution in [1.29, 1.82) is 0 Å². The molecule has 104 valence electrons. The Morgan fingerprint density at radius 3 is 2.17 bits per heavy atom. The molecule has 0 rings (SSSR count). The van der Waals surface area contributed by atoms with Gasteiger partial charge in [0.25, 0.3) is 0 Å². The first-order valence-electron chi connectivity index (χ1n) is 5.62. The van der Waals surface area contributed by atoms with Gasteiger partial charge in [-0.25, -0.2) is 9.59 Å². The van der Waals surface area contributed by atoms with Crippen molar-refractivity contribution in [2.24, 2.45) is 0 Å². The Kier molecular flexibility index (Phi) is 7.45. The number of aliphatic carboxylic acids is 1. The maximum absolute atomic E-state index is 11.5. The highest BCUT2D eigenvalue weighted by Crippen LogP contribution is 1.88. The molecule has 1 atom stereocenters. The lowest BCUT2D eigenvalue weighted by Crippen LogP contribution is -2.50. The third-order valence-corrected chi connectivity index (χ3v) is 2.30. The summed E-state index contributed by atoms with van der Waals surface area (Å²) >= 11 is 0. The van der Waals surface area contributed by atoms with E-state index in [2.05, 4.69) is 5.32 Å². The van der Waals surface area contributed by atoms with E-state index in [1.165, 1.54) is 4.90 Å². The molecule has 0 aliphatic carbocycles. The minimum absolute atomic E-state index is 0.217. The van der Waals surface area contributed by atoms with Crippen molar-refractivity contribution in [1.82, 2.24) is 15.5 Å². The van der Waals surface area contributed by atoms with E-state index in [0.29, 0.717) is 13.1 Å². The molecule has 0 bridgehead atoms. The van der Waals surface area contributed by atoms with Gasteiger partial charge in [0.2, 0.25) is 5.91 Å². The SMILES string of the molecule is CCN(CC)C(=O)CNC(=O)N[C@@H](CO)C(=O)O. The summed E-state index contributed by atoms with van der Waals surface area (Å²) < 4.78 is 0. The Bertz CT molecular complexity index is 304. The van der Waals surface area contributed by atoms with Crippen molar-refractivity contribution >= 4 is 17.9 Å². The molecule has 18 heavy (non-hydrogen) atoms. The van der Waals surface area contributed by atoms with Gasteiger partial charge in [-0.3, -0.25) is 4.79 Å². The van der Waals surface area contributed by atoms with E-state index in [-0.39, 0.29) is 12.5 Å². The minimum Gasteiger partial charge on any atom is -0.480 e. The first kappa shape index (κ1) is 16.2. The Morgan fingerprint density at radius 1 is 1.22 bits per heavy atom. The van der Waals surface area contributed by atoms with Gasteiger partial charge in [0.1, 0.15) is 0 Å². The van der Waals surface area contributed by atoms with Gasteiger partial charge in [-0.2, -0.15) is 0 Å². The van der Waals surface area contributed by atoms with Crippen LogP contribution in [0, 0.1) is 0 Å². The Morgan fingerprint density at radius 2 is 1.78 bits per heavy atom. The highest BCUT2D eigenvalue weighted by Gasteiger charge is 2.19. The van der Waals surface area contributed by atoms with Crippen LogP contribution in [-0.4, -0.2) is 65.3 Å². The number of carboxylic acids is 1. The first-order chi connectivity index (χ1) is 8.46. The zero-order valence-corrected chi connectivity index (χ0v) is 10.5. The fraction of sp³-hybridized carbons (Fsp3) is 0.700. The third kappa shape index (κ3) is 5.48. The van der Waals surface area contributed by atoms with E-state index in [4.69, 9.17) is 10.2 Å². The predicted molar refractivity (Wildman–Crippen MR) is 63.0 cm³/mol. The van der Waals surface area contributed by atoms with Crippen LogP contribution in [0.5, 0.6) is 0 Å². The summed E-state index contributed by atoms with van der Waals surface area (Å²) in [6.45, 7) is 3.76. The van der Waals surface area contributed by atoms with Crippen molar-refractivity contribution in [3.8, 4) is 0 Å². The van der Waals surface area contributed by atoms with Gasteiger partial charge in [-0.05, 0) is 13.8 Å². The van der Waals surface area contributed by atoms with Crippen LogP contribution in [0.25, 0.3) is 0 Å². The Hall–Kier alpha value is -1.83. The molecule has 0 aromatic rings. The molecule has 4 N–H and O–H groups in total. The summed E-state index contributed by atoms with van der Waals surface area (Å²) in [7, 11) is 0. The first-order valence-corrected chi connectivity index (χ1v) is 5.62. The number of carbonyl (C=O) groups is 3. The van der Waals surface area contributed by atoms with Gasteiger partial charge < -0.3 is 25.7 Å². The summed E-state index contributed by atoms with van der Waals surface area (Å²) in [4.78, 5) is 34.8. The number of urea groups is 1. The molecule has 0 saturated carbocycles. The molecule has 3 amide bonds. The molecule has 0 aliphatic rings. The van der Waals surface area contributed by atoms with E-state index in [9.17, 15) is 14.4 Å². The summed E-state index contributed by atoms with van der Waals surface area (Å²) in [5, 5.41) is 21.5. The van der Waals surface area contributed by atoms with Crippen LogP contribution in [0.15, 0.2) is 0 Å². The molecule has 0 unspecified atom stereocenters. The largest absolute Gasteiger partial charge is 0.480 e. The van der Waals surface area contributed by atoms with Gasteiger partial charge in [0, 0.05) is 13.1 Å². The number of hydrogen-bond donors (Lipinski definition) is 4. The number of amides is 3. The molecule has 0 spiro atoms. The monoisotopic (exact) mass is 261 g/mol. The van der Waals surface area contributed by atoms with Gasteiger partial charge >= 0.3 is 12.0 Å². The number of hydrogen-bond acceptors (Lipinski definition) is 4. The number of nitrogens with zero attached hydrogens (tertiary/aromatic N) is 1. The Labute approximate surface area is 105 Å². The van der Waals surface area contributed by atoms with E-state index >= 15 is 0 Å². The fourth-order valence-corrected chi connectivity index (χ4v) is 1.24. The molecular formula is C10H19N3O5. The quantitative estimate of drug-likeness (QED) is 0.449. The van der Waals surface area contributed by atoms with E-state index in [1.54, 1.807) is 0 Å². The van der Waals surface area contributed by atoms with Gasteiger partial charge in [-0.1, -0.05) is 0 Å². The lowest BCUT2D eigenvalue weighted by molar-refractivity contribution is -0.140. The van der Waals surface area contributed by atoms with Crippen molar-refractivity contribution in [2.75, 3.05) is 26.2 Å². The summed E-state index contributed by atoms with van der Waals surface area (Å²) in [5.74, 6) is -1.60. The zero-order valence-electron chi connectivity index (χ0n) is 10.5. The molecule has 0 saturated heterocycles. The second kappa shape index (κ2) is 8.29. The zero-order chi connectivity index (χ0) is 14.1. The van der Waals surface area contributed by atoms with Crippen LogP contribution in [0.1, 0.15) is 13.8 Å². The molecular weight excluding hydrogens is 242 g/mol. The maximum Gasteiger partial charge on any atom is 0.328 e. The van der Waals surface area contributed by atoms with E-state index in [1.807, 2.05) is 19.2 Å². The third-order valence-electron chi connectivity index (χ3n) is 2.30. The number of aliphatic hydroxyl groups excluding tert-OH is 1. The molecule has 0 radical (unpaired) electrons. The fourth-order valence-electron chi connectivity index (χ4n) is 1.24. The lowest BCUT2D eigenvalue weighted by atomic mass is 10.3. The molecule has 0 heterocycles. The number of carbonyl (C=O) groups excluding carboxylic acids is 2. The average Bonchev–Trinajstić information content (AvgIpc) is 2.34. The standard InChI is InChI=1S/C10H19N3O5/c1-3-13(4-2)8(15)5-11-10(18)12-7(6-14)9(16)17/h7,14H,3-6H2,1-2H3,(H,16,17)(H2,11,12,18)/t7-/m0/s1. The lowest BCUT2D eigenvalue weighted by Gasteiger charge is -2.19. The van der Waals surface area contributed by atoms with Crippen LogP contribution in [0.2, 0.25) is 0 Å². The number of aliphatic hydroxyl groups is 1. The summed E-state index contributed by atoms with van der Waals surface area (Å²) in [6, 6.07) is -2.19. The number of likely N-dealkylation sites (N-methyl/N-ethyl adjacent to an activating group) is 1. The number of rotatable bonds is 7. The highest BCUT2D eigenvalue weighted by molar-refractivity contribution is 5.86. The van der Waals surface area contributed by atoms with E-state index in [0.717, 1.165) is 0 Å². The van der Waals surface area contributed by atoms with Crippen molar-refractivity contribution in [2.45, 2.75) is 19.9 Å². The molecule has 0 aliphatic heterocycles. The molecule has 8 nitrogen and oxygen atoms in total. The predicted octanol–water partition coefficient (Wildman–Crippen LogP) is -1.40.